The molecule has 22 heavy (non-hydrogen) atoms. The first-order valence-corrected chi connectivity index (χ1v) is 7.33. The lowest BCUT2D eigenvalue weighted by Crippen LogP contribution is -1.93. The van der Waals surface area contributed by atoms with Gasteiger partial charge in [-0.1, -0.05) is 35.9 Å². The second-order valence-corrected chi connectivity index (χ2v) is 5.51. The van der Waals surface area contributed by atoms with Crippen molar-refractivity contribution in [3.05, 3.63) is 78.2 Å². The van der Waals surface area contributed by atoms with Gasteiger partial charge in [0, 0.05) is 33.9 Å². The molecule has 0 aliphatic heterocycles. The highest BCUT2D eigenvalue weighted by Crippen LogP contribution is 2.23. The predicted molar refractivity (Wildman–Crippen MR) is 89.3 cm³/mol. The third-order valence-corrected chi connectivity index (χ3v) is 3.81. The molecule has 4 aromatic rings. The van der Waals surface area contributed by atoms with Crippen molar-refractivity contribution in [1.29, 1.82) is 0 Å². The van der Waals surface area contributed by atoms with Gasteiger partial charge in [0.05, 0.1) is 17.4 Å². The lowest BCUT2D eigenvalue weighted by atomic mass is 10.1. The van der Waals surface area contributed by atoms with Gasteiger partial charge in [-0.3, -0.25) is 4.98 Å². The molecule has 106 valence electrons. The van der Waals surface area contributed by atoms with Gasteiger partial charge in [0.1, 0.15) is 0 Å². The van der Waals surface area contributed by atoms with Crippen LogP contribution in [0.4, 0.5) is 0 Å². The number of benzene rings is 2. The molecule has 0 saturated carbocycles. The molecule has 0 radical (unpaired) electrons. The van der Waals surface area contributed by atoms with Crippen LogP contribution in [0, 0.1) is 0 Å². The molecule has 3 nitrogen and oxygen atoms in total. The molecule has 0 spiro atoms. The molecule has 4 heteroatoms. The molecule has 4 rings (SSSR count). The molecule has 0 fully saturated rings. The first kappa shape index (κ1) is 13.0. The summed E-state index contributed by atoms with van der Waals surface area (Å²) in [6.07, 6.45) is 5.70. The minimum atomic E-state index is 0.696. The molecule has 0 bridgehead atoms. The van der Waals surface area contributed by atoms with Gasteiger partial charge in [0.25, 0.3) is 0 Å². The highest BCUT2D eigenvalue weighted by molar-refractivity contribution is 6.30. The van der Waals surface area contributed by atoms with E-state index in [4.69, 9.17) is 11.6 Å². The van der Waals surface area contributed by atoms with E-state index in [2.05, 4.69) is 22.2 Å². The first-order valence-electron chi connectivity index (χ1n) is 6.95. The molecule has 2 aromatic heterocycles. The van der Waals surface area contributed by atoms with Gasteiger partial charge in [-0.15, -0.1) is 0 Å². The number of fused-ring (bicyclic) bond motifs is 1. The summed E-state index contributed by atoms with van der Waals surface area (Å²) >= 11 is 6.03. The number of aromatic nitrogens is 3. The highest BCUT2D eigenvalue weighted by atomic mass is 35.5. The van der Waals surface area contributed by atoms with E-state index in [1.54, 1.807) is 0 Å². The van der Waals surface area contributed by atoms with Crippen molar-refractivity contribution in [3.8, 4) is 16.8 Å². The molecule has 0 aliphatic rings. The summed E-state index contributed by atoms with van der Waals surface area (Å²) in [6, 6.07) is 17.8. The minimum absolute atomic E-state index is 0.696. The number of hydrogen-bond acceptors (Lipinski definition) is 2. The zero-order valence-electron chi connectivity index (χ0n) is 11.6. The van der Waals surface area contributed by atoms with Gasteiger partial charge >= 0.3 is 0 Å². The number of hydrogen-bond donors (Lipinski definition) is 0. The van der Waals surface area contributed by atoms with Crippen molar-refractivity contribution in [3.63, 3.8) is 0 Å². The standard InChI is InChI=1S/C18H12ClN3/c19-16-5-3-6-17(9-16)22-12-15(11-21-22)14-8-13-4-1-2-7-18(13)20-10-14/h1-12H. The van der Waals surface area contributed by atoms with Gasteiger partial charge in [-0.2, -0.15) is 5.10 Å². The van der Waals surface area contributed by atoms with E-state index in [1.807, 2.05) is 65.7 Å². The van der Waals surface area contributed by atoms with Crippen LogP contribution in [0.15, 0.2) is 73.2 Å². The zero-order chi connectivity index (χ0) is 14.9. The Morgan fingerprint density at radius 3 is 2.68 bits per heavy atom. The molecule has 0 amide bonds. The van der Waals surface area contributed by atoms with Crippen molar-refractivity contribution < 1.29 is 0 Å². The number of pyridine rings is 1. The van der Waals surface area contributed by atoms with Crippen molar-refractivity contribution in [1.82, 2.24) is 14.8 Å². The summed E-state index contributed by atoms with van der Waals surface area (Å²) < 4.78 is 1.82. The summed E-state index contributed by atoms with van der Waals surface area (Å²) in [5, 5.41) is 6.23. The molecule has 0 saturated heterocycles. The van der Waals surface area contributed by atoms with E-state index < -0.39 is 0 Å². The van der Waals surface area contributed by atoms with E-state index in [-0.39, 0.29) is 0 Å². The summed E-state index contributed by atoms with van der Waals surface area (Å²) in [7, 11) is 0. The molecular weight excluding hydrogens is 294 g/mol. The van der Waals surface area contributed by atoms with E-state index >= 15 is 0 Å². The summed E-state index contributed by atoms with van der Waals surface area (Å²) in [4.78, 5) is 4.50. The van der Waals surface area contributed by atoms with Crippen LogP contribution in [-0.4, -0.2) is 14.8 Å². The second-order valence-electron chi connectivity index (χ2n) is 5.07. The van der Waals surface area contributed by atoms with Crippen LogP contribution in [0.3, 0.4) is 0 Å². The van der Waals surface area contributed by atoms with E-state index in [0.29, 0.717) is 5.02 Å². The average Bonchev–Trinajstić information content (AvgIpc) is 3.04. The van der Waals surface area contributed by atoms with Gasteiger partial charge in [-0.25, -0.2) is 4.68 Å². The Kier molecular flexibility index (Phi) is 3.13. The van der Waals surface area contributed by atoms with Crippen LogP contribution >= 0.6 is 11.6 Å². The zero-order valence-corrected chi connectivity index (χ0v) is 12.4. The molecule has 0 unspecified atom stereocenters. The lowest BCUT2D eigenvalue weighted by molar-refractivity contribution is 0.881. The Balaban J connectivity index is 1.76. The molecular formula is C18H12ClN3. The molecule has 2 aromatic carbocycles. The maximum atomic E-state index is 6.03. The van der Waals surface area contributed by atoms with E-state index in [9.17, 15) is 0 Å². The minimum Gasteiger partial charge on any atom is -0.256 e. The quantitative estimate of drug-likeness (QED) is 0.535. The SMILES string of the molecule is Clc1cccc(-n2cc(-c3cnc4ccccc4c3)cn2)c1. The van der Waals surface area contributed by atoms with Crippen molar-refractivity contribution in [2.75, 3.05) is 0 Å². The second kappa shape index (κ2) is 5.28. The Morgan fingerprint density at radius 1 is 0.864 bits per heavy atom. The molecule has 2 heterocycles. The van der Waals surface area contributed by atoms with Crippen LogP contribution in [0.1, 0.15) is 0 Å². The van der Waals surface area contributed by atoms with Crippen LogP contribution in [0.5, 0.6) is 0 Å². The Bertz CT molecular complexity index is 959. The van der Waals surface area contributed by atoms with Crippen molar-refractivity contribution in [2.24, 2.45) is 0 Å². The Hall–Kier alpha value is -2.65. The van der Waals surface area contributed by atoms with Crippen LogP contribution in [-0.2, 0) is 0 Å². The van der Waals surface area contributed by atoms with Crippen molar-refractivity contribution in [2.45, 2.75) is 0 Å². The molecule has 0 atom stereocenters. The van der Waals surface area contributed by atoms with Crippen LogP contribution < -0.4 is 0 Å². The largest absolute Gasteiger partial charge is 0.256 e. The summed E-state index contributed by atoms with van der Waals surface area (Å²) in [5.41, 5.74) is 4.01. The van der Waals surface area contributed by atoms with Gasteiger partial charge in [0.15, 0.2) is 0 Å². The summed E-state index contributed by atoms with van der Waals surface area (Å²) in [6.45, 7) is 0. The third-order valence-electron chi connectivity index (χ3n) is 3.58. The number of rotatable bonds is 2. The number of nitrogens with zero attached hydrogens (tertiary/aromatic N) is 3. The maximum absolute atomic E-state index is 6.03. The van der Waals surface area contributed by atoms with Crippen molar-refractivity contribution >= 4 is 22.5 Å². The van der Waals surface area contributed by atoms with Crippen LogP contribution in [0.2, 0.25) is 5.02 Å². The fourth-order valence-corrected chi connectivity index (χ4v) is 2.65. The predicted octanol–water partition coefficient (Wildman–Crippen LogP) is 4.74. The fourth-order valence-electron chi connectivity index (χ4n) is 2.46. The monoisotopic (exact) mass is 305 g/mol. The Morgan fingerprint density at radius 2 is 1.77 bits per heavy atom. The lowest BCUT2D eigenvalue weighted by Gasteiger charge is -2.02. The highest BCUT2D eigenvalue weighted by Gasteiger charge is 2.05. The van der Waals surface area contributed by atoms with E-state index in [1.165, 1.54) is 0 Å². The first-order chi connectivity index (χ1) is 10.8. The Labute approximate surface area is 132 Å². The normalized spacial score (nSPS) is 11.0. The van der Waals surface area contributed by atoms with Gasteiger partial charge in [-0.05, 0) is 30.3 Å². The molecule has 0 aliphatic carbocycles. The maximum Gasteiger partial charge on any atom is 0.0702 e. The van der Waals surface area contributed by atoms with Gasteiger partial charge in [0.2, 0.25) is 0 Å². The topological polar surface area (TPSA) is 30.7 Å². The number of para-hydroxylation sites is 1. The molecule has 0 N–H and O–H groups in total. The number of halogens is 1. The van der Waals surface area contributed by atoms with E-state index in [0.717, 1.165) is 27.7 Å². The summed E-state index contributed by atoms with van der Waals surface area (Å²) in [5.74, 6) is 0. The van der Waals surface area contributed by atoms with Gasteiger partial charge < -0.3 is 0 Å². The van der Waals surface area contributed by atoms with Crippen LogP contribution in [0.25, 0.3) is 27.7 Å². The fraction of sp³-hybridized carbons (Fsp3) is 0. The average molecular weight is 306 g/mol. The smallest absolute Gasteiger partial charge is 0.0702 e. The third kappa shape index (κ3) is 2.36.